The molecule has 1 aliphatic heterocycles. The molecule has 4 aromatic carbocycles. The Bertz CT molecular complexity index is 2330. The minimum atomic E-state index is -4.59. The monoisotopic (exact) mass is 762 g/mol. The Kier molecular flexibility index (Phi) is 11.5. The van der Waals surface area contributed by atoms with Crippen molar-refractivity contribution < 1.29 is 39.4 Å². The summed E-state index contributed by atoms with van der Waals surface area (Å²) in [5.74, 6) is 0. The lowest BCUT2D eigenvalue weighted by Crippen LogP contribution is -2.53. The fourth-order valence-corrected chi connectivity index (χ4v) is 7.85. The van der Waals surface area contributed by atoms with Crippen LogP contribution in [-0.2, 0) is 56.0 Å². The second-order valence-electron chi connectivity index (χ2n) is 12.6. The summed E-state index contributed by atoms with van der Waals surface area (Å²) in [6.07, 6.45) is -3.60. The summed E-state index contributed by atoms with van der Waals surface area (Å²) < 4.78 is 86.8. The average Bonchev–Trinajstić information content (AvgIpc) is 3.42. The fourth-order valence-electron chi connectivity index (χ4n) is 5.82. The zero-order valence-corrected chi connectivity index (χ0v) is 30.5. The molecule has 4 atom stereocenters. The molecule has 1 fully saturated rings. The summed E-state index contributed by atoms with van der Waals surface area (Å²) in [5, 5.41) is 0. The van der Waals surface area contributed by atoms with E-state index in [1.807, 2.05) is 36.4 Å². The summed E-state index contributed by atoms with van der Waals surface area (Å²) in [6, 6.07) is 31.1. The van der Waals surface area contributed by atoms with Crippen molar-refractivity contribution in [1.29, 1.82) is 0 Å². The predicted molar refractivity (Wildman–Crippen MR) is 193 cm³/mol. The van der Waals surface area contributed by atoms with Gasteiger partial charge >= 0.3 is 5.69 Å². The molecule has 0 radical (unpaired) electrons. The van der Waals surface area contributed by atoms with E-state index in [4.69, 9.17) is 22.6 Å². The first kappa shape index (κ1) is 38.0. The molecular formula is C38H38N2O11S2. The largest absolute Gasteiger partial charge is 0.374 e. The van der Waals surface area contributed by atoms with Crippen LogP contribution in [0.4, 0.5) is 0 Å². The predicted octanol–water partition coefficient (Wildman–Crippen LogP) is 4.40. The number of aromatic nitrogens is 2. The van der Waals surface area contributed by atoms with Crippen LogP contribution >= 0.6 is 0 Å². The minimum absolute atomic E-state index is 0.0402. The first-order chi connectivity index (χ1) is 25.3. The van der Waals surface area contributed by atoms with Crippen LogP contribution in [0.25, 0.3) is 0 Å². The van der Waals surface area contributed by atoms with E-state index in [1.165, 1.54) is 24.3 Å². The Labute approximate surface area is 307 Å². The average molecular weight is 763 g/mol. The maximum Gasteiger partial charge on any atom is 0.330 e. The highest BCUT2D eigenvalue weighted by Crippen LogP contribution is 2.43. The molecule has 0 amide bonds. The van der Waals surface area contributed by atoms with Crippen LogP contribution in [0.3, 0.4) is 0 Å². The minimum Gasteiger partial charge on any atom is -0.374 e. The Morgan fingerprint density at radius 1 is 0.698 bits per heavy atom. The van der Waals surface area contributed by atoms with Gasteiger partial charge in [-0.2, -0.15) is 16.8 Å². The highest BCUT2D eigenvalue weighted by atomic mass is 32.2. The molecule has 1 aliphatic rings. The number of H-pyrrole nitrogens is 1. The van der Waals surface area contributed by atoms with Gasteiger partial charge in [0.25, 0.3) is 25.8 Å². The lowest BCUT2D eigenvalue weighted by molar-refractivity contribution is -0.171. The van der Waals surface area contributed by atoms with E-state index in [9.17, 15) is 26.4 Å². The Hall–Kier alpha value is -4.74. The van der Waals surface area contributed by atoms with E-state index in [1.54, 1.807) is 62.4 Å². The third kappa shape index (κ3) is 9.08. The molecule has 53 heavy (non-hydrogen) atoms. The molecule has 1 saturated heterocycles. The van der Waals surface area contributed by atoms with Crippen molar-refractivity contribution >= 4 is 20.2 Å². The molecule has 6 rings (SSSR count). The summed E-state index contributed by atoms with van der Waals surface area (Å²) >= 11 is 0. The van der Waals surface area contributed by atoms with E-state index >= 15 is 0 Å². The lowest BCUT2D eigenvalue weighted by Gasteiger charge is -2.34. The van der Waals surface area contributed by atoms with E-state index in [2.05, 4.69) is 4.98 Å². The van der Waals surface area contributed by atoms with Gasteiger partial charge in [-0.25, -0.2) is 4.79 Å². The lowest BCUT2D eigenvalue weighted by atomic mass is 9.96. The number of hydrogen-bond donors (Lipinski definition) is 1. The number of nitrogens with one attached hydrogen (secondary N) is 1. The quantitative estimate of drug-likeness (QED) is 0.150. The van der Waals surface area contributed by atoms with Gasteiger partial charge in [0.05, 0.1) is 29.6 Å². The zero-order chi connectivity index (χ0) is 37.6. The van der Waals surface area contributed by atoms with Crippen LogP contribution in [0.1, 0.15) is 28.5 Å². The summed E-state index contributed by atoms with van der Waals surface area (Å²) in [6.45, 7) is 2.36. The van der Waals surface area contributed by atoms with E-state index in [-0.39, 0.29) is 23.0 Å². The van der Waals surface area contributed by atoms with Crippen LogP contribution in [0.2, 0.25) is 0 Å². The van der Waals surface area contributed by atoms with Gasteiger partial charge < -0.3 is 14.2 Å². The Morgan fingerprint density at radius 2 is 1.25 bits per heavy atom. The molecule has 5 aromatic rings. The van der Waals surface area contributed by atoms with Gasteiger partial charge in [-0.15, -0.1) is 0 Å². The fraction of sp³-hybridized carbons (Fsp3) is 0.263. The van der Waals surface area contributed by atoms with Crippen LogP contribution in [0.15, 0.2) is 141 Å². The standard InChI is InChI=1S/C38H38N2O11S2/c1-27-13-17-31(18-14-27)52(43,44)49-26-38(25-47-23-29-9-5-3-6-10-29)35(48-24-30-11-7-4-8-12-30)34(36(50-38)40-22-21-33(41)39-37(40)42)51-53(45,46)32-19-15-28(2)16-20-32/h3-22,34-36H,23-26H2,1-2H3,(H,39,41,42)/t34-,35+,36?,38+/m1/s1. The molecule has 2 heterocycles. The Morgan fingerprint density at radius 3 is 1.81 bits per heavy atom. The number of ether oxygens (including phenoxy) is 3. The number of rotatable bonds is 15. The van der Waals surface area contributed by atoms with Crippen LogP contribution in [0.5, 0.6) is 0 Å². The van der Waals surface area contributed by atoms with Gasteiger partial charge in [-0.3, -0.25) is 22.7 Å². The van der Waals surface area contributed by atoms with Gasteiger partial charge in [0.15, 0.2) is 12.3 Å². The molecule has 1 aromatic heterocycles. The van der Waals surface area contributed by atoms with E-state index in [0.29, 0.717) is 5.56 Å². The molecule has 0 bridgehead atoms. The number of aryl methyl sites for hydroxylation is 2. The highest BCUT2D eigenvalue weighted by molar-refractivity contribution is 7.87. The van der Waals surface area contributed by atoms with Crippen molar-refractivity contribution in [2.24, 2.45) is 0 Å². The second-order valence-corrected chi connectivity index (χ2v) is 15.8. The van der Waals surface area contributed by atoms with Crippen molar-refractivity contribution in [3.8, 4) is 0 Å². The van der Waals surface area contributed by atoms with Gasteiger partial charge in [-0.05, 0) is 49.2 Å². The van der Waals surface area contributed by atoms with Crippen LogP contribution in [0, 0.1) is 13.8 Å². The molecule has 13 nitrogen and oxygen atoms in total. The molecule has 1 unspecified atom stereocenters. The maximum atomic E-state index is 13.9. The smallest absolute Gasteiger partial charge is 0.330 e. The Balaban J connectivity index is 1.47. The molecule has 0 aliphatic carbocycles. The molecule has 0 saturated carbocycles. The molecular weight excluding hydrogens is 725 g/mol. The first-order valence-electron chi connectivity index (χ1n) is 16.6. The first-order valence-corrected chi connectivity index (χ1v) is 19.4. The van der Waals surface area contributed by atoms with Gasteiger partial charge in [-0.1, -0.05) is 96.1 Å². The van der Waals surface area contributed by atoms with Crippen molar-refractivity contribution in [3.63, 3.8) is 0 Å². The second kappa shape index (κ2) is 16.1. The van der Waals surface area contributed by atoms with Crippen molar-refractivity contribution in [2.45, 2.75) is 60.9 Å². The maximum absolute atomic E-state index is 13.9. The third-order valence-corrected chi connectivity index (χ3v) is 11.2. The normalized spacial score (nSPS) is 20.4. The molecule has 1 N–H and O–H groups in total. The van der Waals surface area contributed by atoms with E-state index < -0.39 is 68.7 Å². The van der Waals surface area contributed by atoms with Gasteiger partial charge in [0.2, 0.25) is 0 Å². The number of nitrogens with zero attached hydrogens (tertiary/aromatic N) is 1. The molecule has 0 spiro atoms. The number of aromatic amines is 1. The molecule has 278 valence electrons. The van der Waals surface area contributed by atoms with Gasteiger partial charge in [0.1, 0.15) is 18.3 Å². The van der Waals surface area contributed by atoms with Crippen molar-refractivity contribution in [1.82, 2.24) is 9.55 Å². The van der Waals surface area contributed by atoms with Crippen molar-refractivity contribution in [3.05, 3.63) is 165 Å². The van der Waals surface area contributed by atoms with Crippen molar-refractivity contribution in [2.75, 3.05) is 13.2 Å². The van der Waals surface area contributed by atoms with Crippen LogP contribution in [-0.4, -0.2) is 57.4 Å². The zero-order valence-electron chi connectivity index (χ0n) is 28.9. The topological polar surface area (TPSA) is 169 Å². The van der Waals surface area contributed by atoms with Crippen LogP contribution < -0.4 is 11.2 Å². The summed E-state index contributed by atoms with van der Waals surface area (Å²) in [5.41, 5.74) is -0.502. The number of hydrogen-bond acceptors (Lipinski definition) is 11. The summed E-state index contributed by atoms with van der Waals surface area (Å²) in [4.78, 5) is 27.2. The van der Waals surface area contributed by atoms with E-state index in [0.717, 1.165) is 33.5 Å². The SMILES string of the molecule is Cc1ccc(S(=O)(=O)OC[C@]2(COCc3ccccc3)OC(n3ccc(=O)[nH]c3=O)[C@H](OS(=O)(=O)c3ccc(C)cc3)[C@@H]2OCc2ccccc2)cc1. The third-order valence-electron chi connectivity index (χ3n) is 8.62. The van der Waals surface area contributed by atoms with Gasteiger partial charge in [0, 0.05) is 12.3 Å². The molecule has 15 heteroatoms. The highest BCUT2D eigenvalue weighted by Gasteiger charge is 2.60. The summed E-state index contributed by atoms with van der Waals surface area (Å²) in [7, 11) is -9.02. The number of benzene rings is 4.